The van der Waals surface area contributed by atoms with E-state index in [0.717, 1.165) is 28.3 Å². The maximum atomic E-state index is 12.9. The fourth-order valence-corrected chi connectivity index (χ4v) is 3.79. The van der Waals surface area contributed by atoms with Crippen molar-refractivity contribution >= 4 is 17.6 Å². The van der Waals surface area contributed by atoms with Gasteiger partial charge in [0.15, 0.2) is 0 Å². The minimum absolute atomic E-state index is 0.127. The average molecular weight is 473 g/mol. The summed E-state index contributed by atoms with van der Waals surface area (Å²) in [5.74, 6) is 1.70. The summed E-state index contributed by atoms with van der Waals surface area (Å²) < 4.78 is 12.2. The number of benzene rings is 2. The molecule has 0 fully saturated rings. The standard InChI is InChI=1S/C27H28N4O4/c1-19-26(20-8-4-3-5-9-20)27(31(30-19)21-13-15-22(34-2)16-14-21)29-25(33)12-6-11-24(32)28-18-23-10-7-17-35-23/h3-5,7-10,13-17H,6,11-12,18H2,1-2H3,(H,28,32)(H,29,33). The second kappa shape index (κ2) is 11.2. The summed E-state index contributed by atoms with van der Waals surface area (Å²) in [7, 11) is 1.61. The Bertz CT molecular complexity index is 1260. The van der Waals surface area contributed by atoms with Gasteiger partial charge in [-0.15, -0.1) is 0 Å². The van der Waals surface area contributed by atoms with Gasteiger partial charge in [-0.1, -0.05) is 30.3 Å². The van der Waals surface area contributed by atoms with E-state index < -0.39 is 0 Å². The number of carbonyl (C=O) groups is 2. The van der Waals surface area contributed by atoms with Gasteiger partial charge >= 0.3 is 0 Å². The zero-order valence-electron chi connectivity index (χ0n) is 19.8. The molecule has 4 rings (SSSR count). The van der Waals surface area contributed by atoms with Crippen molar-refractivity contribution < 1.29 is 18.7 Å². The van der Waals surface area contributed by atoms with Crippen LogP contribution in [0.2, 0.25) is 0 Å². The molecular weight excluding hydrogens is 444 g/mol. The first-order valence-electron chi connectivity index (χ1n) is 11.4. The van der Waals surface area contributed by atoms with Crippen LogP contribution in [0.25, 0.3) is 16.8 Å². The van der Waals surface area contributed by atoms with Crippen LogP contribution < -0.4 is 15.4 Å². The SMILES string of the molecule is COc1ccc(-n2nc(C)c(-c3ccccc3)c2NC(=O)CCCC(=O)NCc2ccco2)cc1. The molecule has 0 radical (unpaired) electrons. The Balaban J connectivity index is 1.47. The van der Waals surface area contributed by atoms with Gasteiger partial charge in [-0.25, -0.2) is 4.68 Å². The molecule has 0 bridgehead atoms. The Morgan fingerprint density at radius 1 is 0.971 bits per heavy atom. The number of hydrogen-bond acceptors (Lipinski definition) is 5. The first kappa shape index (κ1) is 23.8. The predicted molar refractivity (Wildman–Crippen MR) is 133 cm³/mol. The number of aryl methyl sites for hydroxylation is 1. The lowest BCUT2D eigenvalue weighted by atomic mass is 10.1. The van der Waals surface area contributed by atoms with E-state index >= 15 is 0 Å². The minimum Gasteiger partial charge on any atom is -0.497 e. The molecule has 0 aliphatic rings. The number of nitrogens with zero attached hydrogens (tertiary/aromatic N) is 2. The lowest BCUT2D eigenvalue weighted by molar-refractivity contribution is -0.121. The van der Waals surface area contributed by atoms with Crippen LogP contribution in [-0.2, 0) is 16.1 Å². The van der Waals surface area contributed by atoms with E-state index in [4.69, 9.17) is 14.3 Å². The third-order valence-corrected chi connectivity index (χ3v) is 5.55. The summed E-state index contributed by atoms with van der Waals surface area (Å²) in [6, 6.07) is 20.9. The molecule has 0 saturated carbocycles. The van der Waals surface area contributed by atoms with Crippen molar-refractivity contribution in [3.05, 3.63) is 84.4 Å². The Morgan fingerprint density at radius 2 is 1.71 bits per heavy atom. The Kier molecular flexibility index (Phi) is 7.62. The van der Waals surface area contributed by atoms with E-state index in [2.05, 4.69) is 10.6 Å². The average Bonchev–Trinajstić information content (AvgIpc) is 3.51. The Morgan fingerprint density at radius 3 is 2.40 bits per heavy atom. The summed E-state index contributed by atoms with van der Waals surface area (Å²) in [5.41, 5.74) is 3.40. The van der Waals surface area contributed by atoms with Gasteiger partial charge in [0.1, 0.15) is 17.3 Å². The van der Waals surface area contributed by atoms with E-state index in [1.54, 1.807) is 30.2 Å². The third-order valence-electron chi connectivity index (χ3n) is 5.55. The molecule has 2 N–H and O–H groups in total. The van der Waals surface area contributed by atoms with E-state index in [0.29, 0.717) is 24.5 Å². The number of ether oxygens (including phenoxy) is 1. The zero-order chi connectivity index (χ0) is 24.6. The van der Waals surface area contributed by atoms with Crippen LogP contribution in [0.15, 0.2) is 77.4 Å². The highest BCUT2D eigenvalue weighted by Gasteiger charge is 2.20. The fraction of sp³-hybridized carbons (Fsp3) is 0.222. The third kappa shape index (κ3) is 5.97. The number of furan rings is 1. The van der Waals surface area contributed by atoms with Crippen LogP contribution in [0.5, 0.6) is 5.75 Å². The topological polar surface area (TPSA) is 98.4 Å². The maximum absolute atomic E-state index is 12.9. The second-order valence-corrected chi connectivity index (χ2v) is 8.04. The van der Waals surface area contributed by atoms with Crippen molar-refractivity contribution in [3.8, 4) is 22.6 Å². The monoisotopic (exact) mass is 472 g/mol. The summed E-state index contributed by atoms with van der Waals surface area (Å²) in [4.78, 5) is 25.0. The highest BCUT2D eigenvalue weighted by atomic mass is 16.5. The van der Waals surface area contributed by atoms with Gasteiger partial charge in [0.05, 0.1) is 31.3 Å². The summed E-state index contributed by atoms with van der Waals surface area (Å²) in [6.45, 7) is 2.25. The molecule has 0 unspecified atom stereocenters. The van der Waals surface area contributed by atoms with Gasteiger partial charge in [-0.05, 0) is 55.3 Å². The largest absolute Gasteiger partial charge is 0.497 e. The predicted octanol–water partition coefficient (Wildman–Crippen LogP) is 4.87. The molecular formula is C27H28N4O4. The summed E-state index contributed by atoms with van der Waals surface area (Å²) >= 11 is 0. The van der Waals surface area contributed by atoms with Crippen LogP contribution in [0, 0.1) is 6.92 Å². The molecule has 2 aromatic heterocycles. The van der Waals surface area contributed by atoms with Crippen LogP contribution >= 0.6 is 0 Å². The van der Waals surface area contributed by atoms with Crippen molar-refractivity contribution in [3.63, 3.8) is 0 Å². The summed E-state index contributed by atoms with van der Waals surface area (Å²) in [5, 5.41) is 10.5. The number of anilines is 1. The Labute approximate surface area is 203 Å². The van der Waals surface area contributed by atoms with E-state index in [-0.39, 0.29) is 24.7 Å². The smallest absolute Gasteiger partial charge is 0.225 e. The normalized spacial score (nSPS) is 10.7. The number of hydrogen-bond donors (Lipinski definition) is 2. The molecule has 2 heterocycles. The van der Waals surface area contributed by atoms with E-state index in [1.165, 1.54) is 0 Å². The van der Waals surface area contributed by atoms with Crippen LogP contribution in [-0.4, -0.2) is 28.7 Å². The molecule has 180 valence electrons. The van der Waals surface area contributed by atoms with Crippen LogP contribution in [0.3, 0.4) is 0 Å². The number of carbonyl (C=O) groups excluding carboxylic acids is 2. The van der Waals surface area contributed by atoms with Gasteiger partial charge in [0.25, 0.3) is 0 Å². The first-order chi connectivity index (χ1) is 17.0. The van der Waals surface area contributed by atoms with Gasteiger partial charge in [0, 0.05) is 18.4 Å². The molecule has 2 amide bonds. The Hall–Kier alpha value is -4.33. The number of amides is 2. The van der Waals surface area contributed by atoms with Crippen molar-refractivity contribution in [2.75, 3.05) is 12.4 Å². The van der Waals surface area contributed by atoms with Crippen molar-refractivity contribution in [2.45, 2.75) is 32.7 Å². The minimum atomic E-state index is -0.185. The van der Waals surface area contributed by atoms with Gasteiger partial charge in [0.2, 0.25) is 11.8 Å². The molecule has 35 heavy (non-hydrogen) atoms. The molecule has 0 aliphatic carbocycles. The van der Waals surface area contributed by atoms with Crippen molar-refractivity contribution in [2.24, 2.45) is 0 Å². The molecule has 8 nitrogen and oxygen atoms in total. The van der Waals surface area contributed by atoms with Crippen LogP contribution in [0.1, 0.15) is 30.7 Å². The molecule has 0 saturated heterocycles. The summed E-state index contributed by atoms with van der Waals surface area (Å²) in [6.07, 6.45) is 2.44. The lowest BCUT2D eigenvalue weighted by Crippen LogP contribution is -2.23. The molecule has 8 heteroatoms. The highest BCUT2D eigenvalue weighted by molar-refractivity contribution is 5.95. The maximum Gasteiger partial charge on any atom is 0.225 e. The molecule has 0 aliphatic heterocycles. The first-order valence-corrected chi connectivity index (χ1v) is 11.4. The van der Waals surface area contributed by atoms with Crippen molar-refractivity contribution in [1.82, 2.24) is 15.1 Å². The van der Waals surface area contributed by atoms with Crippen LogP contribution in [0.4, 0.5) is 5.82 Å². The van der Waals surface area contributed by atoms with E-state index in [9.17, 15) is 9.59 Å². The number of nitrogens with one attached hydrogen (secondary N) is 2. The number of methoxy groups -OCH3 is 1. The lowest BCUT2D eigenvalue weighted by Gasteiger charge is -2.12. The molecule has 0 atom stereocenters. The molecule has 0 spiro atoms. The van der Waals surface area contributed by atoms with E-state index in [1.807, 2.05) is 61.5 Å². The fourth-order valence-electron chi connectivity index (χ4n) is 3.79. The molecule has 4 aromatic rings. The quantitative estimate of drug-likeness (QED) is 0.343. The van der Waals surface area contributed by atoms with Gasteiger partial charge < -0.3 is 19.8 Å². The number of aromatic nitrogens is 2. The van der Waals surface area contributed by atoms with Gasteiger partial charge in [-0.2, -0.15) is 5.10 Å². The highest BCUT2D eigenvalue weighted by Crippen LogP contribution is 2.33. The molecule has 2 aromatic carbocycles. The second-order valence-electron chi connectivity index (χ2n) is 8.04. The number of rotatable bonds is 10. The van der Waals surface area contributed by atoms with Crippen molar-refractivity contribution in [1.29, 1.82) is 0 Å². The zero-order valence-corrected chi connectivity index (χ0v) is 19.8. The van der Waals surface area contributed by atoms with Gasteiger partial charge in [-0.3, -0.25) is 9.59 Å².